The summed E-state index contributed by atoms with van der Waals surface area (Å²) in [5.74, 6) is 0.841. The van der Waals surface area contributed by atoms with Gasteiger partial charge in [0.15, 0.2) is 0 Å². The van der Waals surface area contributed by atoms with Crippen LogP contribution >= 0.6 is 0 Å². The number of para-hydroxylation sites is 1. The largest absolute Gasteiger partial charge is 0.491 e. The molecule has 1 aromatic carbocycles. The highest BCUT2D eigenvalue weighted by atomic mass is 16.5. The summed E-state index contributed by atoms with van der Waals surface area (Å²) in [5, 5.41) is 3.00. The number of hydrogen-bond acceptors (Lipinski definition) is 3. The molecule has 1 aliphatic rings. The van der Waals surface area contributed by atoms with Gasteiger partial charge in [-0.3, -0.25) is 0 Å². The lowest BCUT2D eigenvalue weighted by Gasteiger charge is -2.34. The number of ether oxygens (including phenoxy) is 1. The molecule has 0 spiro atoms. The Labute approximate surface area is 133 Å². The van der Waals surface area contributed by atoms with Crippen LogP contribution in [-0.4, -0.2) is 54.7 Å². The van der Waals surface area contributed by atoms with E-state index >= 15 is 0 Å². The van der Waals surface area contributed by atoms with Gasteiger partial charge in [-0.05, 0) is 26.5 Å². The van der Waals surface area contributed by atoms with Gasteiger partial charge >= 0.3 is 6.03 Å². The van der Waals surface area contributed by atoms with E-state index in [2.05, 4.69) is 17.1 Å². The Morgan fingerprint density at radius 2 is 1.91 bits per heavy atom. The summed E-state index contributed by atoms with van der Waals surface area (Å²) in [6.07, 6.45) is 0.124. The fraction of sp³-hybridized carbons (Fsp3) is 0.588. The molecule has 2 amide bonds. The van der Waals surface area contributed by atoms with Crippen LogP contribution in [0.15, 0.2) is 24.3 Å². The topological polar surface area (TPSA) is 44.8 Å². The smallest absolute Gasteiger partial charge is 0.317 e. The number of carbonyl (C=O) groups excluding carboxylic acids is 1. The van der Waals surface area contributed by atoms with Crippen LogP contribution in [0.5, 0.6) is 5.75 Å². The van der Waals surface area contributed by atoms with E-state index in [1.807, 2.05) is 43.0 Å². The number of nitrogens with one attached hydrogen (secondary N) is 1. The first kappa shape index (κ1) is 16.6. The van der Waals surface area contributed by atoms with Crippen LogP contribution in [0.25, 0.3) is 0 Å². The number of benzene rings is 1. The van der Waals surface area contributed by atoms with Crippen molar-refractivity contribution in [1.82, 2.24) is 15.1 Å². The molecule has 0 unspecified atom stereocenters. The van der Waals surface area contributed by atoms with Crippen LogP contribution in [0.2, 0.25) is 0 Å². The van der Waals surface area contributed by atoms with Gasteiger partial charge in [-0.25, -0.2) is 4.79 Å². The second-order valence-electron chi connectivity index (χ2n) is 5.85. The molecule has 0 atom stereocenters. The Balaban J connectivity index is 1.86. The van der Waals surface area contributed by atoms with Crippen molar-refractivity contribution in [2.75, 3.05) is 32.7 Å². The lowest BCUT2D eigenvalue weighted by atomic mass is 10.2. The van der Waals surface area contributed by atoms with Gasteiger partial charge < -0.3 is 19.9 Å². The van der Waals surface area contributed by atoms with Crippen LogP contribution in [0.1, 0.15) is 26.3 Å². The number of amides is 2. The number of carbonyl (C=O) groups is 1. The third-order valence-electron chi connectivity index (χ3n) is 3.87. The Kier molecular flexibility index (Phi) is 6.07. The van der Waals surface area contributed by atoms with Gasteiger partial charge in [0.2, 0.25) is 0 Å². The fourth-order valence-electron chi connectivity index (χ4n) is 2.57. The van der Waals surface area contributed by atoms with Gasteiger partial charge in [0.25, 0.3) is 0 Å². The Morgan fingerprint density at radius 3 is 2.55 bits per heavy atom. The molecular weight excluding hydrogens is 278 g/mol. The molecule has 1 saturated heterocycles. The summed E-state index contributed by atoms with van der Waals surface area (Å²) in [5.41, 5.74) is 1.01. The van der Waals surface area contributed by atoms with Crippen molar-refractivity contribution in [3.8, 4) is 5.75 Å². The SMILES string of the molecule is CCN1CCN(C(=O)NCc2ccccc2OC(C)C)CC1. The van der Waals surface area contributed by atoms with Gasteiger partial charge in [-0.15, -0.1) is 0 Å². The highest BCUT2D eigenvalue weighted by molar-refractivity contribution is 5.74. The molecule has 1 aliphatic heterocycles. The van der Waals surface area contributed by atoms with Crippen LogP contribution in [0.4, 0.5) is 4.79 Å². The fourth-order valence-corrected chi connectivity index (χ4v) is 2.57. The van der Waals surface area contributed by atoms with Crippen molar-refractivity contribution in [2.24, 2.45) is 0 Å². The van der Waals surface area contributed by atoms with Gasteiger partial charge in [0, 0.05) is 38.3 Å². The average molecular weight is 305 g/mol. The average Bonchev–Trinajstić information content (AvgIpc) is 2.53. The summed E-state index contributed by atoms with van der Waals surface area (Å²) >= 11 is 0. The molecule has 0 aliphatic carbocycles. The summed E-state index contributed by atoms with van der Waals surface area (Å²) < 4.78 is 5.78. The van der Waals surface area contributed by atoms with Gasteiger partial charge in [0.1, 0.15) is 5.75 Å². The predicted octanol–water partition coefficient (Wildman–Crippen LogP) is 2.32. The molecule has 1 fully saturated rings. The molecule has 5 nitrogen and oxygen atoms in total. The maximum absolute atomic E-state index is 12.3. The van der Waals surface area contributed by atoms with Gasteiger partial charge in [-0.1, -0.05) is 25.1 Å². The summed E-state index contributed by atoms with van der Waals surface area (Å²) in [7, 11) is 0. The number of piperazine rings is 1. The summed E-state index contributed by atoms with van der Waals surface area (Å²) in [4.78, 5) is 16.5. The van der Waals surface area contributed by atoms with Crippen molar-refractivity contribution in [2.45, 2.75) is 33.4 Å². The zero-order valence-electron chi connectivity index (χ0n) is 13.8. The van der Waals surface area contributed by atoms with E-state index in [4.69, 9.17) is 4.74 Å². The van der Waals surface area contributed by atoms with Crippen molar-refractivity contribution in [1.29, 1.82) is 0 Å². The Morgan fingerprint density at radius 1 is 1.23 bits per heavy atom. The Bertz CT molecular complexity index is 483. The normalized spacial score (nSPS) is 15.9. The van der Waals surface area contributed by atoms with Gasteiger partial charge in [-0.2, -0.15) is 0 Å². The molecule has 0 aromatic heterocycles. The van der Waals surface area contributed by atoms with Crippen LogP contribution in [0.3, 0.4) is 0 Å². The second-order valence-corrected chi connectivity index (χ2v) is 5.85. The number of nitrogens with zero attached hydrogens (tertiary/aromatic N) is 2. The third-order valence-corrected chi connectivity index (χ3v) is 3.87. The van der Waals surface area contributed by atoms with Crippen LogP contribution in [-0.2, 0) is 6.54 Å². The minimum absolute atomic E-state index is 0.00935. The summed E-state index contributed by atoms with van der Waals surface area (Å²) in [6.45, 7) is 11.2. The molecule has 0 bridgehead atoms. The quantitative estimate of drug-likeness (QED) is 0.908. The lowest BCUT2D eigenvalue weighted by Crippen LogP contribution is -2.51. The van der Waals surface area contributed by atoms with E-state index in [9.17, 15) is 4.79 Å². The number of likely N-dealkylation sites (N-methyl/N-ethyl adjacent to an activating group) is 1. The van der Waals surface area contributed by atoms with Gasteiger partial charge in [0.05, 0.1) is 6.10 Å². The molecule has 1 aromatic rings. The standard InChI is InChI=1S/C17H27N3O2/c1-4-19-9-11-20(12-10-19)17(21)18-13-15-7-5-6-8-16(15)22-14(2)3/h5-8,14H,4,9-13H2,1-3H3,(H,18,21). The second kappa shape index (κ2) is 8.03. The number of urea groups is 1. The molecule has 1 heterocycles. The zero-order valence-corrected chi connectivity index (χ0v) is 13.8. The molecule has 0 radical (unpaired) electrons. The maximum Gasteiger partial charge on any atom is 0.317 e. The number of hydrogen-bond donors (Lipinski definition) is 1. The highest BCUT2D eigenvalue weighted by Crippen LogP contribution is 2.19. The Hall–Kier alpha value is -1.75. The monoisotopic (exact) mass is 305 g/mol. The first-order valence-corrected chi connectivity index (χ1v) is 8.09. The lowest BCUT2D eigenvalue weighted by molar-refractivity contribution is 0.142. The first-order chi connectivity index (χ1) is 10.6. The molecule has 22 heavy (non-hydrogen) atoms. The van der Waals surface area contributed by atoms with Crippen molar-refractivity contribution in [3.63, 3.8) is 0 Å². The van der Waals surface area contributed by atoms with Crippen molar-refractivity contribution >= 4 is 6.03 Å². The van der Waals surface area contributed by atoms with E-state index < -0.39 is 0 Å². The van der Waals surface area contributed by atoms with E-state index in [-0.39, 0.29) is 12.1 Å². The zero-order chi connectivity index (χ0) is 15.9. The summed E-state index contributed by atoms with van der Waals surface area (Å²) in [6, 6.07) is 7.87. The highest BCUT2D eigenvalue weighted by Gasteiger charge is 2.20. The van der Waals surface area contributed by atoms with Crippen molar-refractivity contribution < 1.29 is 9.53 Å². The van der Waals surface area contributed by atoms with E-state index in [0.717, 1.165) is 44.0 Å². The van der Waals surface area contributed by atoms with Crippen molar-refractivity contribution in [3.05, 3.63) is 29.8 Å². The van der Waals surface area contributed by atoms with Crippen LogP contribution in [0, 0.1) is 0 Å². The molecule has 122 valence electrons. The maximum atomic E-state index is 12.3. The molecule has 0 saturated carbocycles. The third kappa shape index (κ3) is 4.63. The van der Waals surface area contributed by atoms with Crippen LogP contribution < -0.4 is 10.1 Å². The molecular formula is C17H27N3O2. The molecule has 5 heteroatoms. The first-order valence-electron chi connectivity index (χ1n) is 8.09. The minimum atomic E-state index is 0.00935. The van der Waals surface area contributed by atoms with E-state index in [1.54, 1.807) is 0 Å². The molecule has 2 rings (SSSR count). The molecule has 1 N–H and O–H groups in total. The predicted molar refractivity (Wildman–Crippen MR) is 88.1 cm³/mol. The minimum Gasteiger partial charge on any atom is -0.491 e. The van der Waals surface area contributed by atoms with E-state index in [1.165, 1.54) is 0 Å². The van der Waals surface area contributed by atoms with E-state index in [0.29, 0.717) is 6.54 Å². The number of rotatable bonds is 5.